The van der Waals surface area contributed by atoms with E-state index in [2.05, 4.69) is 15.7 Å². The Morgan fingerprint density at radius 1 is 1.25 bits per heavy atom. The van der Waals surface area contributed by atoms with Crippen molar-refractivity contribution in [1.29, 1.82) is 0 Å². The van der Waals surface area contributed by atoms with Crippen LogP contribution in [0.25, 0.3) is 0 Å². The highest BCUT2D eigenvalue weighted by Crippen LogP contribution is 2.12. The van der Waals surface area contributed by atoms with Crippen LogP contribution in [-0.2, 0) is 6.54 Å². The summed E-state index contributed by atoms with van der Waals surface area (Å²) in [7, 11) is 0. The molecule has 1 heterocycles. The molecule has 0 fully saturated rings. The quantitative estimate of drug-likeness (QED) is 0.586. The fourth-order valence-electron chi connectivity index (χ4n) is 1.63. The highest BCUT2D eigenvalue weighted by Gasteiger charge is 2.11. The Labute approximate surface area is 113 Å². The van der Waals surface area contributed by atoms with Crippen LogP contribution in [0.2, 0.25) is 0 Å². The van der Waals surface area contributed by atoms with E-state index in [-0.39, 0.29) is 12.1 Å². The SMILES string of the molecule is NNc1ccncc1C(=O)NCc1ccc(F)c(F)c1. The average molecular weight is 278 g/mol. The molecule has 0 atom stereocenters. The highest BCUT2D eigenvalue weighted by atomic mass is 19.2. The summed E-state index contributed by atoms with van der Waals surface area (Å²) < 4.78 is 25.8. The number of aromatic nitrogens is 1. The van der Waals surface area contributed by atoms with E-state index in [9.17, 15) is 13.6 Å². The normalized spacial score (nSPS) is 10.2. The molecule has 1 aromatic heterocycles. The zero-order valence-electron chi connectivity index (χ0n) is 10.4. The van der Waals surface area contributed by atoms with E-state index in [4.69, 9.17) is 5.84 Å². The van der Waals surface area contributed by atoms with Crippen LogP contribution in [0.15, 0.2) is 36.7 Å². The number of amides is 1. The second-order valence-corrected chi connectivity index (χ2v) is 4.00. The maximum absolute atomic E-state index is 13.0. The van der Waals surface area contributed by atoms with Crippen LogP contribution in [-0.4, -0.2) is 10.9 Å². The lowest BCUT2D eigenvalue weighted by Gasteiger charge is -2.09. The minimum absolute atomic E-state index is 0.0644. The number of hydrogen-bond acceptors (Lipinski definition) is 4. The Bertz CT molecular complexity index is 634. The zero-order valence-corrected chi connectivity index (χ0v) is 10.4. The third-order valence-electron chi connectivity index (χ3n) is 2.66. The monoisotopic (exact) mass is 278 g/mol. The minimum Gasteiger partial charge on any atom is -0.348 e. The molecule has 0 bridgehead atoms. The molecule has 0 saturated heterocycles. The lowest BCUT2D eigenvalue weighted by atomic mass is 10.2. The van der Waals surface area contributed by atoms with Crippen LogP contribution in [0.4, 0.5) is 14.5 Å². The molecule has 0 spiro atoms. The molecule has 0 aliphatic rings. The molecular formula is C13H12F2N4O. The van der Waals surface area contributed by atoms with Crippen LogP contribution in [0.3, 0.4) is 0 Å². The third kappa shape index (κ3) is 3.07. The Balaban J connectivity index is 2.06. The summed E-state index contributed by atoms with van der Waals surface area (Å²) in [5.74, 6) is 2.98. The first-order chi connectivity index (χ1) is 9.61. The predicted octanol–water partition coefficient (Wildman–Crippen LogP) is 1.58. The molecule has 4 N–H and O–H groups in total. The maximum Gasteiger partial charge on any atom is 0.255 e. The number of carbonyl (C=O) groups is 1. The lowest BCUT2D eigenvalue weighted by molar-refractivity contribution is 0.0951. The fraction of sp³-hybridized carbons (Fsp3) is 0.0769. The number of anilines is 1. The molecule has 0 radical (unpaired) electrons. The number of pyridine rings is 1. The topological polar surface area (TPSA) is 80.0 Å². The molecule has 5 nitrogen and oxygen atoms in total. The number of nitrogens with two attached hydrogens (primary N) is 1. The number of hydrogen-bond donors (Lipinski definition) is 3. The molecule has 1 aromatic carbocycles. The molecular weight excluding hydrogens is 266 g/mol. The van der Waals surface area contributed by atoms with Gasteiger partial charge in [0, 0.05) is 18.9 Å². The molecule has 2 rings (SSSR count). The Kier molecular flexibility index (Phi) is 4.21. The number of carbonyl (C=O) groups excluding carboxylic acids is 1. The Hall–Kier alpha value is -2.54. The van der Waals surface area contributed by atoms with Gasteiger partial charge < -0.3 is 10.7 Å². The zero-order chi connectivity index (χ0) is 14.5. The number of rotatable bonds is 4. The van der Waals surface area contributed by atoms with Crippen molar-refractivity contribution in [3.05, 3.63) is 59.4 Å². The van der Waals surface area contributed by atoms with Crippen molar-refractivity contribution in [2.75, 3.05) is 5.43 Å². The van der Waals surface area contributed by atoms with Crippen LogP contribution >= 0.6 is 0 Å². The van der Waals surface area contributed by atoms with Crippen LogP contribution in [0.5, 0.6) is 0 Å². The van der Waals surface area contributed by atoms with E-state index in [1.807, 2.05) is 0 Å². The molecule has 0 aliphatic heterocycles. The van der Waals surface area contributed by atoms with Crippen LogP contribution in [0, 0.1) is 11.6 Å². The first-order valence-corrected chi connectivity index (χ1v) is 5.74. The van der Waals surface area contributed by atoms with Crippen molar-refractivity contribution in [2.45, 2.75) is 6.54 Å². The molecule has 104 valence electrons. The summed E-state index contributed by atoms with van der Waals surface area (Å²) in [6, 6.07) is 4.98. The molecule has 1 amide bonds. The van der Waals surface area contributed by atoms with Gasteiger partial charge in [0.15, 0.2) is 11.6 Å². The van der Waals surface area contributed by atoms with Gasteiger partial charge in [-0.1, -0.05) is 6.07 Å². The Morgan fingerprint density at radius 3 is 2.75 bits per heavy atom. The molecule has 0 aliphatic carbocycles. The number of benzene rings is 1. The van der Waals surface area contributed by atoms with Gasteiger partial charge in [0.05, 0.1) is 11.3 Å². The standard InChI is InChI=1S/C13H12F2N4O/c14-10-2-1-8(5-11(10)15)6-18-13(20)9-7-17-4-3-12(9)19-16/h1-5,7H,6,16H2,(H,17,19)(H,18,20). The summed E-state index contributed by atoms with van der Waals surface area (Å²) in [6.07, 6.45) is 2.84. The maximum atomic E-state index is 13.0. The first-order valence-electron chi connectivity index (χ1n) is 5.74. The van der Waals surface area contributed by atoms with Crippen molar-refractivity contribution < 1.29 is 13.6 Å². The van der Waals surface area contributed by atoms with Gasteiger partial charge in [-0.05, 0) is 23.8 Å². The van der Waals surface area contributed by atoms with Gasteiger partial charge in [0.25, 0.3) is 5.91 Å². The number of halogens is 2. The van der Waals surface area contributed by atoms with Gasteiger partial charge in [-0.2, -0.15) is 0 Å². The van der Waals surface area contributed by atoms with Gasteiger partial charge in [-0.15, -0.1) is 0 Å². The predicted molar refractivity (Wildman–Crippen MR) is 69.6 cm³/mol. The molecule has 7 heteroatoms. The van der Waals surface area contributed by atoms with Gasteiger partial charge >= 0.3 is 0 Å². The smallest absolute Gasteiger partial charge is 0.255 e. The number of nitrogen functional groups attached to an aromatic ring is 1. The van der Waals surface area contributed by atoms with Gasteiger partial charge in [0.2, 0.25) is 0 Å². The minimum atomic E-state index is -0.956. The number of nitrogens with one attached hydrogen (secondary N) is 2. The summed E-state index contributed by atoms with van der Waals surface area (Å²) >= 11 is 0. The fourth-order valence-corrected chi connectivity index (χ4v) is 1.63. The van der Waals surface area contributed by atoms with Gasteiger partial charge in [-0.3, -0.25) is 15.6 Å². The van der Waals surface area contributed by atoms with E-state index >= 15 is 0 Å². The summed E-state index contributed by atoms with van der Waals surface area (Å²) in [4.78, 5) is 15.8. The van der Waals surface area contributed by atoms with Gasteiger partial charge in [-0.25, -0.2) is 8.78 Å². The van der Waals surface area contributed by atoms with Gasteiger partial charge in [0.1, 0.15) is 0 Å². The third-order valence-corrected chi connectivity index (χ3v) is 2.66. The second-order valence-electron chi connectivity index (χ2n) is 4.00. The van der Waals surface area contributed by atoms with E-state index < -0.39 is 17.5 Å². The number of nitrogens with zero attached hydrogens (tertiary/aromatic N) is 1. The van der Waals surface area contributed by atoms with E-state index in [0.717, 1.165) is 12.1 Å². The van der Waals surface area contributed by atoms with Crippen molar-refractivity contribution in [2.24, 2.45) is 5.84 Å². The van der Waals surface area contributed by atoms with Crippen molar-refractivity contribution in [1.82, 2.24) is 10.3 Å². The van der Waals surface area contributed by atoms with Crippen molar-refractivity contribution in [3.63, 3.8) is 0 Å². The van der Waals surface area contributed by atoms with Crippen molar-refractivity contribution >= 4 is 11.6 Å². The summed E-state index contributed by atoms with van der Waals surface area (Å²) in [6.45, 7) is 0.0644. The van der Waals surface area contributed by atoms with E-state index in [1.165, 1.54) is 18.5 Å². The molecule has 20 heavy (non-hydrogen) atoms. The average Bonchev–Trinajstić information content (AvgIpc) is 2.48. The first kappa shape index (κ1) is 13.9. The van der Waals surface area contributed by atoms with E-state index in [1.54, 1.807) is 6.07 Å². The lowest BCUT2D eigenvalue weighted by Crippen LogP contribution is -2.25. The molecule has 0 saturated carbocycles. The Morgan fingerprint density at radius 2 is 2.05 bits per heavy atom. The van der Waals surface area contributed by atoms with Crippen molar-refractivity contribution in [3.8, 4) is 0 Å². The summed E-state index contributed by atoms with van der Waals surface area (Å²) in [5.41, 5.74) is 3.51. The van der Waals surface area contributed by atoms with E-state index in [0.29, 0.717) is 11.3 Å². The number of hydrazine groups is 1. The summed E-state index contributed by atoms with van der Waals surface area (Å²) in [5, 5.41) is 2.57. The molecule has 0 unspecified atom stereocenters. The van der Waals surface area contributed by atoms with Crippen LogP contribution in [0.1, 0.15) is 15.9 Å². The second kappa shape index (κ2) is 6.07. The highest BCUT2D eigenvalue weighted by molar-refractivity contribution is 5.99. The largest absolute Gasteiger partial charge is 0.348 e. The molecule has 2 aromatic rings. The van der Waals surface area contributed by atoms with Crippen LogP contribution < -0.4 is 16.6 Å².